The number of carbonyl (C=O) groups is 1. The molecule has 1 amide bonds. The maximum Gasteiger partial charge on any atom is 0.269 e. The van der Waals surface area contributed by atoms with Crippen LogP contribution in [0.4, 0.5) is 5.82 Å². The molecule has 116 valence electrons. The number of benzene rings is 1. The average molecular weight is 307 g/mol. The van der Waals surface area contributed by atoms with Crippen molar-refractivity contribution in [2.75, 3.05) is 18.0 Å². The molecule has 4 rings (SSSR count). The minimum Gasteiger partial charge on any atom is -0.364 e. The molecule has 23 heavy (non-hydrogen) atoms. The normalized spacial score (nSPS) is 14.5. The van der Waals surface area contributed by atoms with Crippen molar-refractivity contribution in [1.82, 2.24) is 14.8 Å². The Bertz CT molecular complexity index is 880. The summed E-state index contributed by atoms with van der Waals surface area (Å²) in [7, 11) is 0. The van der Waals surface area contributed by atoms with Crippen LogP contribution in [0.15, 0.2) is 42.6 Å². The SMILES string of the molecule is NC(=O)c1nn(-c2ccnc(N3CCCC3)c2)c2ccccc12. The first kappa shape index (κ1) is 13.8. The summed E-state index contributed by atoms with van der Waals surface area (Å²) in [5, 5.41) is 5.19. The second-order valence-electron chi connectivity index (χ2n) is 5.71. The molecular formula is C17H17N5O. The fraction of sp³-hybridized carbons (Fsp3) is 0.235. The topological polar surface area (TPSA) is 77.0 Å². The van der Waals surface area contributed by atoms with Gasteiger partial charge in [0, 0.05) is 30.7 Å². The number of fused-ring (bicyclic) bond motifs is 1. The van der Waals surface area contributed by atoms with Crippen molar-refractivity contribution in [1.29, 1.82) is 0 Å². The number of primary amides is 1. The molecule has 1 aliphatic heterocycles. The van der Waals surface area contributed by atoms with E-state index in [1.165, 1.54) is 12.8 Å². The summed E-state index contributed by atoms with van der Waals surface area (Å²) in [6, 6.07) is 11.5. The number of rotatable bonds is 3. The van der Waals surface area contributed by atoms with Crippen LogP contribution in [0.2, 0.25) is 0 Å². The van der Waals surface area contributed by atoms with Gasteiger partial charge >= 0.3 is 0 Å². The molecule has 1 fully saturated rings. The fourth-order valence-corrected chi connectivity index (χ4v) is 3.10. The molecule has 0 unspecified atom stereocenters. The zero-order valence-corrected chi connectivity index (χ0v) is 12.6. The number of nitrogens with zero attached hydrogens (tertiary/aromatic N) is 4. The largest absolute Gasteiger partial charge is 0.364 e. The summed E-state index contributed by atoms with van der Waals surface area (Å²) in [5.41, 5.74) is 7.50. The van der Waals surface area contributed by atoms with Crippen LogP contribution in [0.3, 0.4) is 0 Å². The molecule has 6 nitrogen and oxygen atoms in total. The summed E-state index contributed by atoms with van der Waals surface area (Å²) >= 11 is 0. The molecule has 1 aromatic carbocycles. The number of aromatic nitrogens is 3. The number of hydrogen-bond donors (Lipinski definition) is 1. The number of pyridine rings is 1. The van der Waals surface area contributed by atoms with Gasteiger partial charge < -0.3 is 10.6 Å². The number of carbonyl (C=O) groups excluding carboxylic acids is 1. The second kappa shape index (κ2) is 5.39. The van der Waals surface area contributed by atoms with Gasteiger partial charge in [-0.1, -0.05) is 18.2 Å². The van der Waals surface area contributed by atoms with Gasteiger partial charge in [-0.15, -0.1) is 0 Å². The van der Waals surface area contributed by atoms with Crippen LogP contribution in [0.5, 0.6) is 0 Å². The summed E-state index contributed by atoms with van der Waals surface area (Å²) in [6.07, 6.45) is 4.17. The van der Waals surface area contributed by atoms with E-state index in [1.54, 1.807) is 10.9 Å². The van der Waals surface area contributed by atoms with Crippen molar-refractivity contribution in [2.45, 2.75) is 12.8 Å². The maximum absolute atomic E-state index is 11.7. The molecule has 3 aromatic rings. The minimum atomic E-state index is -0.520. The summed E-state index contributed by atoms with van der Waals surface area (Å²) in [5.74, 6) is 0.425. The summed E-state index contributed by atoms with van der Waals surface area (Å²) in [4.78, 5) is 18.4. The van der Waals surface area contributed by atoms with E-state index in [0.717, 1.165) is 35.5 Å². The van der Waals surface area contributed by atoms with E-state index in [-0.39, 0.29) is 0 Å². The van der Waals surface area contributed by atoms with Gasteiger partial charge in [0.25, 0.3) is 5.91 Å². The third-order valence-electron chi connectivity index (χ3n) is 4.22. The van der Waals surface area contributed by atoms with E-state index in [1.807, 2.05) is 36.4 Å². The van der Waals surface area contributed by atoms with Crippen molar-refractivity contribution in [3.05, 3.63) is 48.3 Å². The van der Waals surface area contributed by atoms with Gasteiger partial charge in [0.1, 0.15) is 5.82 Å². The zero-order chi connectivity index (χ0) is 15.8. The lowest BCUT2D eigenvalue weighted by atomic mass is 10.2. The minimum absolute atomic E-state index is 0.292. The monoisotopic (exact) mass is 307 g/mol. The van der Waals surface area contributed by atoms with Crippen LogP contribution in [0.1, 0.15) is 23.3 Å². The molecule has 0 bridgehead atoms. The van der Waals surface area contributed by atoms with E-state index >= 15 is 0 Å². The molecule has 0 radical (unpaired) electrons. The lowest BCUT2D eigenvalue weighted by Crippen LogP contribution is -2.19. The Balaban J connectivity index is 1.86. The highest BCUT2D eigenvalue weighted by Crippen LogP contribution is 2.24. The van der Waals surface area contributed by atoms with Crippen LogP contribution in [-0.4, -0.2) is 33.8 Å². The number of nitrogens with two attached hydrogens (primary N) is 1. The first-order valence-electron chi connectivity index (χ1n) is 7.73. The van der Waals surface area contributed by atoms with Crippen molar-refractivity contribution in [2.24, 2.45) is 5.73 Å². The van der Waals surface area contributed by atoms with E-state index in [4.69, 9.17) is 5.73 Å². The third-order valence-corrected chi connectivity index (χ3v) is 4.22. The number of anilines is 1. The van der Waals surface area contributed by atoms with Crippen molar-refractivity contribution < 1.29 is 4.79 Å². The van der Waals surface area contributed by atoms with Crippen molar-refractivity contribution in [3.63, 3.8) is 0 Å². The molecule has 1 aliphatic rings. The van der Waals surface area contributed by atoms with Crippen LogP contribution in [0, 0.1) is 0 Å². The number of para-hydroxylation sites is 1. The smallest absolute Gasteiger partial charge is 0.269 e. The van der Waals surface area contributed by atoms with Gasteiger partial charge in [-0.3, -0.25) is 4.79 Å². The summed E-state index contributed by atoms with van der Waals surface area (Å²) < 4.78 is 1.76. The fourth-order valence-electron chi connectivity index (χ4n) is 3.10. The molecule has 0 atom stereocenters. The van der Waals surface area contributed by atoms with E-state index in [0.29, 0.717) is 5.69 Å². The molecule has 6 heteroatoms. The van der Waals surface area contributed by atoms with E-state index in [9.17, 15) is 4.79 Å². The molecule has 0 saturated carbocycles. The summed E-state index contributed by atoms with van der Waals surface area (Å²) in [6.45, 7) is 2.06. The first-order chi connectivity index (χ1) is 11.2. The Hall–Kier alpha value is -2.89. The highest BCUT2D eigenvalue weighted by atomic mass is 16.1. The Labute approximate surface area is 133 Å². The Morgan fingerprint density at radius 3 is 2.70 bits per heavy atom. The zero-order valence-electron chi connectivity index (χ0n) is 12.6. The first-order valence-corrected chi connectivity index (χ1v) is 7.73. The van der Waals surface area contributed by atoms with Crippen LogP contribution in [0.25, 0.3) is 16.6 Å². The van der Waals surface area contributed by atoms with Gasteiger partial charge in [-0.2, -0.15) is 5.10 Å². The molecule has 2 N–H and O–H groups in total. The lowest BCUT2D eigenvalue weighted by Gasteiger charge is -2.17. The third kappa shape index (κ3) is 2.32. The van der Waals surface area contributed by atoms with Crippen LogP contribution < -0.4 is 10.6 Å². The Morgan fingerprint density at radius 1 is 1.13 bits per heavy atom. The molecule has 3 heterocycles. The van der Waals surface area contributed by atoms with Crippen molar-refractivity contribution >= 4 is 22.6 Å². The molecule has 0 aliphatic carbocycles. The lowest BCUT2D eigenvalue weighted by molar-refractivity contribution is 0.0996. The average Bonchev–Trinajstić information content (AvgIpc) is 3.23. The predicted molar refractivity (Wildman–Crippen MR) is 88.8 cm³/mol. The molecular weight excluding hydrogens is 290 g/mol. The Kier molecular flexibility index (Phi) is 3.22. The Morgan fingerprint density at radius 2 is 1.91 bits per heavy atom. The van der Waals surface area contributed by atoms with Gasteiger partial charge in [-0.25, -0.2) is 9.67 Å². The van der Waals surface area contributed by atoms with E-state index < -0.39 is 5.91 Å². The van der Waals surface area contributed by atoms with Crippen molar-refractivity contribution in [3.8, 4) is 5.69 Å². The quantitative estimate of drug-likeness (QED) is 0.804. The second-order valence-corrected chi connectivity index (χ2v) is 5.71. The standard InChI is InChI=1S/C17H17N5O/c18-17(23)16-13-5-1-2-6-14(13)22(20-16)12-7-8-19-15(11-12)21-9-3-4-10-21/h1-2,5-8,11H,3-4,9-10H2,(H2,18,23). The maximum atomic E-state index is 11.7. The molecule has 0 spiro atoms. The highest BCUT2D eigenvalue weighted by molar-refractivity contribution is 6.04. The predicted octanol–water partition coefficient (Wildman–Crippen LogP) is 2.12. The van der Waals surface area contributed by atoms with E-state index in [2.05, 4.69) is 15.0 Å². The van der Waals surface area contributed by atoms with Gasteiger partial charge in [-0.05, 0) is 25.0 Å². The molecule has 1 saturated heterocycles. The van der Waals surface area contributed by atoms with Crippen LogP contribution in [-0.2, 0) is 0 Å². The highest BCUT2D eigenvalue weighted by Gasteiger charge is 2.17. The number of hydrogen-bond acceptors (Lipinski definition) is 4. The van der Waals surface area contributed by atoms with Gasteiger partial charge in [0.2, 0.25) is 0 Å². The van der Waals surface area contributed by atoms with Crippen LogP contribution >= 0.6 is 0 Å². The van der Waals surface area contributed by atoms with Gasteiger partial charge in [0.05, 0.1) is 11.2 Å². The molecule has 2 aromatic heterocycles. The number of amides is 1. The van der Waals surface area contributed by atoms with Gasteiger partial charge in [0.15, 0.2) is 5.69 Å².